The van der Waals surface area contributed by atoms with Crippen molar-refractivity contribution in [3.05, 3.63) is 81.6 Å². The molecular formula is C17H12ClFN2OS. The van der Waals surface area contributed by atoms with Crippen LogP contribution < -0.4 is 5.32 Å². The van der Waals surface area contributed by atoms with Crippen LogP contribution >= 0.6 is 22.9 Å². The van der Waals surface area contributed by atoms with Crippen molar-refractivity contribution in [2.75, 3.05) is 5.32 Å². The molecule has 1 amide bonds. The Bertz CT molecular complexity index is 836. The molecule has 0 radical (unpaired) electrons. The van der Waals surface area contributed by atoms with Gasteiger partial charge >= 0.3 is 0 Å². The van der Waals surface area contributed by atoms with Gasteiger partial charge in [0.15, 0.2) is 5.13 Å². The monoisotopic (exact) mass is 346 g/mol. The molecule has 0 aliphatic rings. The lowest BCUT2D eigenvalue weighted by Gasteiger charge is -2.03. The Morgan fingerprint density at radius 3 is 2.74 bits per heavy atom. The van der Waals surface area contributed by atoms with Crippen LogP contribution in [0.3, 0.4) is 0 Å². The Balaban J connectivity index is 1.70. The maximum absolute atomic E-state index is 13.0. The van der Waals surface area contributed by atoms with Crippen LogP contribution in [0.1, 0.15) is 20.8 Å². The van der Waals surface area contributed by atoms with Gasteiger partial charge in [0, 0.05) is 17.5 Å². The number of hydrogen-bond donors (Lipinski definition) is 1. The second kappa shape index (κ2) is 6.89. The molecule has 0 aliphatic heterocycles. The van der Waals surface area contributed by atoms with Crippen LogP contribution in [-0.4, -0.2) is 10.9 Å². The number of nitrogens with one attached hydrogen (secondary N) is 1. The zero-order chi connectivity index (χ0) is 16.2. The molecule has 0 fully saturated rings. The molecule has 1 heterocycles. The van der Waals surface area contributed by atoms with E-state index in [-0.39, 0.29) is 10.6 Å². The lowest BCUT2D eigenvalue weighted by atomic mass is 10.1. The van der Waals surface area contributed by atoms with Gasteiger partial charge in [0.25, 0.3) is 5.91 Å². The first kappa shape index (κ1) is 15.6. The maximum Gasteiger partial charge on any atom is 0.258 e. The largest absolute Gasteiger partial charge is 0.298 e. The highest BCUT2D eigenvalue weighted by molar-refractivity contribution is 7.15. The Kier molecular flexibility index (Phi) is 4.69. The minimum Gasteiger partial charge on any atom is -0.298 e. The quantitative estimate of drug-likeness (QED) is 0.738. The molecule has 23 heavy (non-hydrogen) atoms. The molecule has 0 aliphatic carbocycles. The van der Waals surface area contributed by atoms with Crippen LogP contribution in [0.5, 0.6) is 0 Å². The van der Waals surface area contributed by atoms with E-state index in [1.807, 2.05) is 30.3 Å². The third-order valence-electron chi connectivity index (χ3n) is 3.17. The van der Waals surface area contributed by atoms with E-state index in [1.54, 1.807) is 6.20 Å². The lowest BCUT2D eigenvalue weighted by molar-refractivity contribution is 0.102. The van der Waals surface area contributed by atoms with E-state index in [0.717, 1.165) is 17.4 Å². The van der Waals surface area contributed by atoms with Crippen molar-refractivity contribution in [1.82, 2.24) is 4.98 Å². The molecule has 1 N–H and O–H groups in total. The molecule has 0 unspecified atom stereocenters. The van der Waals surface area contributed by atoms with E-state index in [9.17, 15) is 9.18 Å². The first-order chi connectivity index (χ1) is 11.1. The third kappa shape index (κ3) is 3.94. The lowest BCUT2D eigenvalue weighted by Crippen LogP contribution is -2.12. The summed E-state index contributed by atoms with van der Waals surface area (Å²) in [5.41, 5.74) is 1.39. The van der Waals surface area contributed by atoms with Gasteiger partial charge in [-0.1, -0.05) is 41.9 Å². The molecule has 2 aromatic carbocycles. The van der Waals surface area contributed by atoms with E-state index in [0.29, 0.717) is 5.13 Å². The molecule has 0 bridgehead atoms. The van der Waals surface area contributed by atoms with Gasteiger partial charge in [-0.3, -0.25) is 10.1 Å². The SMILES string of the molecule is O=C(Nc1ncc(Cc2ccccc2)s1)c1ccc(F)cc1Cl. The van der Waals surface area contributed by atoms with Crippen molar-refractivity contribution in [3.8, 4) is 0 Å². The molecule has 3 nitrogen and oxygen atoms in total. The highest BCUT2D eigenvalue weighted by atomic mass is 35.5. The van der Waals surface area contributed by atoms with E-state index in [4.69, 9.17) is 11.6 Å². The summed E-state index contributed by atoms with van der Waals surface area (Å²) in [5.74, 6) is -0.887. The average molecular weight is 347 g/mol. The second-order valence-electron chi connectivity index (χ2n) is 4.87. The standard InChI is InChI=1S/C17H12ClFN2OS/c18-15-9-12(19)6-7-14(15)16(22)21-17-20-10-13(23-17)8-11-4-2-1-3-5-11/h1-7,9-10H,8H2,(H,20,21,22). The number of carbonyl (C=O) groups excluding carboxylic acids is 1. The number of amides is 1. The first-order valence-corrected chi connectivity index (χ1v) is 8.06. The van der Waals surface area contributed by atoms with Crippen LogP contribution in [-0.2, 0) is 6.42 Å². The molecule has 3 rings (SSSR count). The van der Waals surface area contributed by atoms with Crippen molar-refractivity contribution in [2.45, 2.75) is 6.42 Å². The van der Waals surface area contributed by atoms with Crippen molar-refractivity contribution in [3.63, 3.8) is 0 Å². The minimum absolute atomic E-state index is 0.0727. The molecule has 0 saturated heterocycles. The molecule has 0 atom stereocenters. The number of halogens is 2. The van der Waals surface area contributed by atoms with Crippen LogP contribution in [0, 0.1) is 5.82 Å². The van der Waals surface area contributed by atoms with Gasteiger partial charge in [0.05, 0.1) is 10.6 Å². The van der Waals surface area contributed by atoms with Gasteiger partial charge in [-0.2, -0.15) is 0 Å². The zero-order valence-corrected chi connectivity index (χ0v) is 13.5. The van der Waals surface area contributed by atoms with E-state index in [1.165, 1.54) is 29.0 Å². The summed E-state index contributed by atoms with van der Waals surface area (Å²) in [6.45, 7) is 0. The summed E-state index contributed by atoms with van der Waals surface area (Å²) < 4.78 is 13.0. The summed E-state index contributed by atoms with van der Waals surface area (Å²) in [5, 5.41) is 3.25. The smallest absolute Gasteiger partial charge is 0.258 e. The van der Waals surface area contributed by atoms with Crippen LogP contribution in [0.15, 0.2) is 54.7 Å². The van der Waals surface area contributed by atoms with Crippen molar-refractivity contribution < 1.29 is 9.18 Å². The van der Waals surface area contributed by atoms with Crippen molar-refractivity contribution >= 4 is 34.0 Å². The molecule has 0 saturated carbocycles. The number of benzene rings is 2. The fourth-order valence-corrected chi connectivity index (χ4v) is 3.18. The zero-order valence-electron chi connectivity index (χ0n) is 11.9. The fraction of sp³-hybridized carbons (Fsp3) is 0.0588. The Hall–Kier alpha value is -2.24. The number of rotatable bonds is 4. The summed E-state index contributed by atoms with van der Waals surface area (Å²) in [7, 11) is 0. The van der Waals surface area contributed by atoms with E-state index >= 15 is 0 Å². The average Bonchev–Trinajstić information content (AvgIpc) is 2.95. The number of hydrogen-bond acceptors (Lipinski definition) is 3. The summed E-state index contributed by atoms with van der Waals surface area (Å²) >= 11 is 7.28. The molecule has 6 heteroatoms. The maximum atomic E-state index is 13.0. The molecule has 3 aromatic rings. The normalized spacial score (nSPS) is 10.5. The predicted molar refractivity (Wildman–Crippen MR) is 90.7 cm³/mol. The second-order valence-corrected chi connectivity index (χ2v) is 6.39. The molecule has 116 valence electrons. The number of anilines is 1. The van der Waals surface area contributed by atoms with Gasteiger partial charge < -0.3 is 0 Å². The van der Waals surface area contributed by atoms with Crippen molar-refractivity contribution in [1.29, 1.82) is 0 Å². The number of thiazole rings is 1. The number of aromatic nitrogens is 1. The highest BCUT2D eigenvalue weighted by Crippen LogP contribution is 2.23. The molecular weight excluding hydrogens is 335 g/mol. The third-order valence-corrected chi connectivity index (χ3v) is 4.40. The Morgan fingerprint density at radius 1 is 1.22 bits per heavy atom. The summed E-state index contributed by atoms with van der Waals surface area (Å²) in [6, 6.07) is 13.7. The topological polar surface area (TPSA) is 42.0 Å². The molecule has 1 aromatic heterocycles. The summed E-state index contributed by atoms with van der Waals surface area (Å²) in [4.78, 5) is 17.4. The van der Waals surface area contributed by atoms with Gasteiger partial charge in [0.1, 0.15) is 5.82 Å². The Morgan fingerprint density at radius 2 is 2.00 bits per heavy atom. The van der Waals surface area contributed by atoms with Gasteiger partial charge in [0.2, 0.25) is 0 Å². The van der Waals surface area contributed by atoms with Gasteiger partial charge in [-0.15, -0.1) is 11.3 Å². The van der Waals surface area contributed by atoms with Gasteiger partial charge in [-0.05, 0) is 23.8 Å². The number of nitrogens with zero attached hydrogens (tertiary/aromatic N) is 1. The molecule has 0 spiro atoms. The Labute approximate surface area is 141 Å². The van der Waals surface area contributed by atoms with Gasteiger partial charge in [-0.25, -0.2) is 9.37 Å². The van der Waals surface area contributed by atoms with Crippen LogP contribution in [0.4, 0.5) is 9.52 Å². The summed E-state index contributed by atoms with van der Waals surface area (Å²) in [6.07, 6.45) is 2.49. The highest BCUT2D eigenvalue weighted by Gasteiger charge is 2.13. The first-order valence-electron chi connectivity index (χ1n) is 6.87. The van der Waals surface area contributed by atoms with Crippen LogP contribution in [0.2, 0.25) is 5.02 Å². The van der Waals surface area contributed by atoms with Crippen LogP contribution in [0.25, 0.3) is 0 Å². The van der Waals surface area contributed by atoms with E-state index in [2.05, 4.69) is 10.3 Å². The van der Waals surface area contributed by atoms with Crippen molar-refractivity contribution in [2.24, 2.45) is 0 Å². The number of carbonyl (C=O) groups is 1. The fourth-order valence-electron chi connectivity index (χ4n) is 2.08. The predicted octanol–water partition coefficient (Wildman–Crippen LogP) is 4.78. The minimum atomic E-state index is -0.481. The van der Waals surface area contributed by atoms with E-state index < -0.39 is 11.7 Å².